The van der Waals surface area contributed by atoms with Gasteiger partial charge in [-0.05, 0) is 61.1 Å². The molecule has 3 heterocycles. The highest BCUT2D eigenvalue weighted by molar-refractivity contribution is 5.99. The quantitative estimate of drug-likeness (QED) is 0.480. The number of carboxylic acid groups (broad SMARTS) is 1. The summed E-state index contributed by atoms with van der Waals surface area (Å²) in [4.78, 5) is 16.6. The van der Waals surface area contributed by atoms with Crippen molar-refractivity contribution in [3.8, 4) is 11.3 Å². The van der Waals surface area contributed by atoms with E-state index in [4.69, 9.17) is 4.74 Å². The zero-order valence-corrected chi connectivity index (χ0v) is 21.4. The van der Waals surface area contributed by atoms with Gasteiger partial charge in [-0.15, -0.1) is 0 Å². The van der Waals surface area contributed by atoms with Gasteiger partial charge in [0.1, 0.15) is 5.82 Å². The number of ether oxygens (including phenoxy) is 1. The molecule has 2 aromatic carbocycles. The Morgan fingerprint density at radius 2 is 1.81 bits per heavy atom. The van der Waals surface area contributed by atoms with Crippen molar-refractivity contribution in [2.24, 2.45) is 0 Å². The smallest absolute Gasteiger partial charge is 0.335 e. The molecule has 1 aromatic heterocycles. The number of fused-ring (bicyclic) bond motifs is 5. The number of nitrogens with zero attached hydrogens (tertiary/aromatic N) is 3. The molecule has 1 N–H and O–H groups in total. The summed E-state index contributed by atoms with van der Waals surface area (Å²) in [5.41, 5.74) is 5.79. The first kappa shape index (κ1) is 24.4. The summed E-state index contributed by atoms with van der Waals surface area (Å²) in [6, 6.07) is 10.8. The van der Waals surface area contributed by atoms with Crippen LogP contribution in [0.25, 0.3) is 22.2 Å². The van der Waals surface area contributed by atoms with Gasteiger partial charge < -0.3 is 19.3 Å². The number of hydrogen-bond donors (Lipinski definition) is 1. The lowest BCUT2D eigenvalue weighted by Crippen LogP contribution is -2.37. The van der Waals surface area contributed by atoms with Crippen LogP contribution in [0, 0.1) is 5.82 Å². The summed E-state index contributed by atoms with van der Waals surface area (Å²) >= 11 is 0. The Morgan fingerprint density at radius 1 is 0.946 bits per heavy atom. The minimum Gasteiger partial charge on any atom is -0.478 e. The minimum absolute atomic E-state index is 0.219. The molecule has 0 atom stereocenters. The summed E-state index contributed by atoms with van der Waals surface area (Å²) in [6.07, 6.45) is 7.02. The van der Waals surface area contributed by atoms with E-state index in [1.165, 1.54) is 24.8 Å². The van der Waals surface area contributed by atoms with Crippen LogP contribution in [-0.4, -0.2) is 66.5 Å². The summed E-state index contributed by atoms with van der Waals surface area (Å²) in [7, 11) is 0. The highest BCUT2D eigenvalue weighted by Crippen LogP contribution is 2.47. The van der Waals surface area contributed by atoms with Crippen molar-refractivity contribution in [1.29, 1.82) is 0 Å². The summed E-state index contributed by atoms with van der Waals surface area (Å²) in [5.74, 6) is -0.690. The summed E-state index contributed by atoms with van der Waals surface area (Å²) in [5, 5.41) is 10.9. The molecule has 1 aliphatic carbocycles. The molecule has 2 fully saturated rings. The van der Waals surface area contributed by atoms with E-state index in [1.807, 2.05) is 18.2 Å². The van der Waals surface area contributed by atoms with Crippen molar-refractivity contribution < 1.29 is 19.0 Å². The van der Waals surface area contributed by atoms with Gasteiger partial charge in [0, 0.05) is 68.0 Å². The molecule has 37 heavy (non-hydrogen) atoms. The monoisotopic (exact) mass is 505 g/mol. The predicted octanol–water partition coefficient (Wildman–Crippen LogP) is 5.74. The van der Waals surface area contributed by atoms with E-state index >= 15 is 0 Å². The molecule has 0 amide bonds. The number of aromatic nitrogens is 1. The van der Waals surface area contributed by atoms with E-state index in [1.54, 1.807) is 18.2 Å². The number of halogens is 1. The Bertz CT molecular complexity index is 1290. The molecule has 0 spiro atoms. The maximum absolute atomic E-state index is 14.7. The molecule has 196 valence electrons. The lowest BCUT2D eigenvalue weighted by molar-refractivity contribution is 0.0697. The normalized spacial score (nSPS) is 19.3. The number of rotatable bonds is 5. The van der Waals surface area contributed by atoms with Gasteiger partial charge >= 0.3 is 5.97 Å². The van der Waals surface area contributed by atoms with Crippen molar-refractivity contribution in [2.75, 3.05) is 50.8 Å². The fourth-order valence-corrected chi connectivity index (χ4v) is 6.66. The Hall–Kier alpha value is -2.90. The van der Waals surface area contributed by atoms with E-state index in [2.05, 4.69) is 14.4 Å². The fourth-order valence-electron chi connectivity index (χ4n) is 6.66. The van der Waals surface area contributed by atoms with E-state index in [9.17, 15) is 14.3 Å². The lowest BCUT2D eigenvalue weighted by atomic mass is 9.81. The van der Waals surface area contributed by atoms with Gasteiger partial charge in [-0.2, -0.15) is 0 Å². The number of carboxylic acids is 1. The number of aromatic carboxylic acids is 1. The van der Waals surface area contributed by atoms with E-state index in [0.717, 1.165) is 99.6 Å². The second kappa shape index (κ2) is 10.5. The Balaban J connectivity index is 1.46. The van der Waals surface area contributed by atoms with Crippen LogP contribution in [0.1, 0.15) is 60.4 Å². The number of benzene rings is 2. The van der Waals surface area contributed by atoms with Gasteiger partial charge in [-0.25, -0.2) is 9.18 Å². The van der Waals surface area contributed by atoms with E-state index in [0.29, 0.717) is 11.5 Å². The Kier molecular flexibility index (Phi) is 6.91. The second-order valence-electron chi connectivity index (χ2n) is 10.7. The topological polar surface area (TPSA) is 57.9 Å². The van der Waals surface area contributed by atoms with Crippen molar-refractivity contribution in [2.45, 2.75) is 51.0 Å². The molecule has 0 bridgehead atoms. The van der Waals surface area contributed by atoms with Crippen LogP contribution in [0.15, 0.2) is 36.4 Å². The van der Waals surface area contributed by atoms with Gasteiger partial charge in [0.05, 0.1) is 17.9 Å². The average molecular weight is 506 g/mol. The largest absolute Gasteiger partial charge is 0.478 e. The Labute approximate surface area is 217 Å². The maximum Gasteiger partial charge on any atom is 0.335 e. The van der Waals surface area contributed by atoms with Gasteiger partial charge in [-0.1, -0.05) is 25.3 Å². The van der Waals surface area contributed by atoms with Gasteiger partial charge in [-0.3, -0.25) is 4.90 Å². The van der Waals surface area contributed by atoms with Gasteiger partial charge in [0.2, 0.25) is 0 Å². The first-order chi connectivity index (χ1) is 18.1. The molecule has 1 saturated heterocycles. The minimum atomic E-state index is -0.907. The number of anilines is 1. The zero-order chi connectivity index (χ0) is 25.4. The molecule has 1 saturated carbocycles. The maximum atomic E-state index is 14.7. The summed E-state index contributed by atoms with van der Waals surface area (Å²) in [6.45, 7) is 6.75. The third-order valence-electron chi connectivity index (χ3n) is 8.51. The van der Waals surface area contributed by atoms with Crippen molar-refractivity contribution in [3.63, 3.8) is 0 Å². The molecule has 3 aliphatic rings. The molecular formula is C30H36FN3O3. The standard InChI is InChI=1S/C30H36FN3O3/c31-23-8-10-25-26(20-23)33(13-12-32-11-4-17-37-18-16-32)14-15-34-27-19-22(30(35)36)7-9-24(27)28(29(25)34)21-5-2-1-3-6-21/h7-10,19-21H,1-6,11-18H2,(H,35,36). The lowest BCUT2D eigenvalue weighted by Gasteiger charge is -2.29. The van der Waals surface area contributed by atoms with Crippen LogP contribution in [0.4, 0.5) is 10.1 Å². The Morgan fingerprint density at radius 3 is 2.65 bits per heavy atom. The highest BCUT2D eigenvalue weighted by atomic mass is 19.1. The van der Waals surface area contributed by atoms with Crippen LogP contribution in [-0.2, 0) is 11.3 Å². The predicted molar refractivity (Wildman–Crippen MR) is 144 cm³/mol. The van der Waals surface area contributed by atoms with Crippen LogP contribution in [0.5, 0.6) is 0 Å². The fraction of sp³-hybridized carbons (Fsp3) is 0.500. The van der Waals surface area contributed by atoms with Crippen molar-refractivity contribution in [1.82, 2.24) is 9.47 Å². The number of hydrogen-bond acceptors (Lipinski definition) is 4. The van der Waals surface area contributed by atoms with E-state index in [-0.39, 0.29) is 5.82 Å². The second-order valence-corrected chi connectivity index (χ2v) is 10.7. The molecule has 7 heteroatoms. The molecule has 0 unspecified atom stereocenters. The third kappa shape index (κ3) is 4.75. The van der Waals surface area contributed by atoms with Crippen molar-refractivity contribution >= 4 is 22.6 Å². The zero-order valence-electron chi connectivity index (χ0n) is 21.4. The van der Waals surface area contributed by atoms with Gasteiger partial charge in [0.15, 0.2) is 0 Å². The van der Waals surface area contributed by atoms with Crippen LogP contribution in [0.3, 0.4) is 0 Å². The molecule has 6 rings (SSSR count). The first-order valence-electron chi connectivity index (χ1n) is 13.8. The van der Waals surface area contributed by atoms with Gasteiger partial charge in [0.25, 0.3) is 0 Å². The highest BCUT2D eigenvalue weighted by Gasteiger charge is 2.31. The molecule has 2 aliphatic heterocycles. The van der Waals surface area contributed by atoms with Crippen molar-refractivity contribution in [3.05, 3.63) is 53.3 Å². The number of carbonyl (C=O) groups is 1. The average Bonchev–Trinajstić information content (AvgIpc) is 3.05. The van der Waals surface area contributed by atoms with Crippen LogP contribution in [0.2, 0.25) is 0 Å². The molecule has 3 aromatic rings. The van der Waals surface area contributed by atoms with E-state index < -0.39 is 5.97 Å². The first-order valence-corrected chi connectivity index (χ1v) is 13.8. The summed E-state index contributed by atoms with van der Waals surface area (Å²) < 4.78 is 22.7. The molecular weight excluding hydrogens is 469 g/mol. The molecule has 0 radical (unpaired) electrons. The van der Waals surface area contributed by atoms with Crippen LogP contribution >= 0.6 is 0 Å². The SMILES string of the molecule is O=C(O)c1ccc2c(C3CCCCC3)c3n(c2c1)CCN(CCN1CCCOCC1)c1cc(F)ccc1-3. The molecule has 6 nitrogen and oxygen atoms in total. The third-order valence-corrected chi connectivity index (χ3v) is 8.51. The van der Waals surface area contributed by atoms with Crippen LogP contribution < -0.4 is 4.90 Å².